The first kappa shape index (κ1) is 16.4. The van der Waals surface area contributed by atoms with Gasteiger partial charge in [0.2, 0.25) is 0 Å². The van der Waals surface area contributed by atoms with Crippen molar-refractivity contribution in [3.63, 3.8) is 0 Å². The van der Waals surface area contributed by atoms with Crippen LogP contribution in [0.3, 0.4) is 0 Å². The van der Waals surface area contributed by atoms with Gasteiger partial charge in [-0.25, -0.2) is 9.97 Å². The lowest BCUT2D eigenvalue weighted by Gasteiger charge is -2.44. The molecule has 0 unspecified atom stereocenters. The second-order valence-corrected chi connectivity index (χ2v) is 7.18. The third kappa shape index (κ3) is 3.33. The third-order valence-corrected chi connectivity index (χ3v) is 5.67. The Morgan fingerprint density at radius 1 is 1.04 bits per heavy atom. The molecule has 0 N–H and O–H groups in total. The van der Waals surface area contributed by atoms with E-state index in [-0.39, 0.29) is 5.60 Å². The molecule has 0 saturated carbocycles. The Morgan fingerprint density at radius 3 is 2.50 bits per heavy atom. The van der Waals surface area contributed by atoms with Crippen LogP contribution in [0.5, 0.6) is 0 Å². The Kier molecular flexibility index (Phi) is 4.81. The van der Waals surface area contributed by atoms with Gasteiger partial charge in [0, 0.05) is 45.5 Å². The molecule has 4 heterocycles. The molecule has 6 heteroatoms. The van der Waals surface area contributed by atoms with Crippen molar-refractivity contribution in [1.82, 2.24) is 19.8 Å². The van der Waals surface area contributed by atoms with E-state index in [1.807, 2.05) is 13.1 Å². The molecule has 1 spiro atoms. The van der Waals surface area contributed by atoms with Gasteiger partial charge in [-0.15, -0.1) is 0 Å². The summed E-state index contributed by atoms with van der Waals surface area (Å²) in [6.45, 7) is 11.2. The number of hydrogen-bond acceptors (Lipinski definition) is 6. The third-order valence-electron chi connectivity index (χ3n) is 5.67. The Bertz CT molecular complexity index is 566. The van der Waals surface area contributed by atoms with Crippen LogP contribution in [0, 0.1) is 6.92 Å². The van der Waals surface area contributed by atoms with Gasteiger partial charge >= 0.3 is 0 Å². The molecule has 0 aliphatic carbocycles. The quantitative estimate of drug-likeness (QED) is 0.822. The number of hydrogen-bond donors (Lipinski definition) is 0. The minimum absolute atomic E-state index is 0.170. The van der Waals surface area contributed by atoms with Crippen molar-refractivity contribution < 1.29 is 9.47 Å². The van der Waals surface area contributed by atoms with Gasteiger partial charge in [-0.05, 0) is 31.7 Å². The molecule has 1 aromatic rings. The molecule has 0 radical (unpaired) electrons. The molecule has 2 fully saturated rings. The van der Waals surface area contributed by atoms with E-state index < -0.39 is 0 Å². The molecule has 2 saturated heterocycles. The molecular weight excluding hydrogens is 304 g/mol. The summed E-state index contributed by atoms with van der Waals surface area (Å²) in [5, 5.41) is 0. The van der Waals surface area contributed by atoms with Gasteiger partial charge in [0.1, 0.15) is 11.4 Å². The van der Waals surface area contributed by atoms with Crippen LogP contribution in [-0.2, 0) is 21.5 Å². The van der Waals surface area contributed by atoms with Crippen molar-refractivity contribution in [2.45, 2.75) is 31.8 Å². The molecule has 1 aromatic heterocycles. The molecule has 0 atom stereocenters. The van der Waals surface area contributed by atoms with Crippen molar-refractivity contribution in [1.29, 1.82) is 0 Å². The highest BCUT2D eigenvalue weighted by atomic mass is 16.5. The highest BCUT2D eigenvalue weighted by Crippen LogP contribution is 2.40. The van der Waals surface area contributed by atoms with E-state index >= 15 is 0 Å². The molecule has 24 heavy (non-hydrogen) atoms. The number of likely N-dealkylation sites (tertiary alicyclic amines) is 1. The molecule has 3 aliphatic heterocycles. The van der Waals surface area contributed by atoms with E-state index in [1.165, 1.54) is 5.56 Å². The first-order valence-corrected chi connectivity index (χ1v) is 9.25. The zero-order chi connectivity index (χ0) is 16.4. The number of piperidine rings is 1. The molecule has 6 nitrogen and oxygen atoms in total. The lowest BCUT2D eigenvalue weighted by atomic mass is 9.83. The van der Waals surface area contributed by atoms with Crippen molar-refractivity contribution in [3.8, 4) is 0 Å². The Hall–Kier alpha value is -1.08. The topological polar surface area (TPSA) is 50.7 Å². The molecule has 3 aliphatic rings. The van der Waals surface area contributed by atoms with Crippen molar-refractivity contribution in [2.75, 3.05) is 59.1 Å². The molecule has 4 rings (SSSR count). The van der Waals surface area contributed by atoms with Gasteiger partial charge in [0.15, 0.2) is 0 Å². The number of aromatic nitrogens is 2. The van der Waals surface area contributed by atoms with Crippen LogP contribution in [-0.4, -0.2) is 78.9 Å². The largest absolute Gasteiger partial charge is 0.379 e. The molecule has 0 aromatic carbocycles. The maximum atomic E-state index is 6.29. The monoisotopic (exact) mass is 332 g/mol. The first-order valence-electron chi connectivity index (χ1n) is 9.25. The minimum atomic E-state index is -0.170. The number of ether oxygens (including phenoxy) is 2. The van der Waals surface area contributed by atoms with E-state index in [0.717, 1.165) is 89.9 Å². The maximum absolute atomic E-state index is 6.29. The van der Waals surface area contributed by atoms with Crippen LogP contribution in [0.4, 0.5) is 0 Å². The molecular formula is C18H28N4O2. The first-order chi connectivity index (χ1) is 11.8. The SMILES string of the molecule is Cc1ncc2c(n1)C1(CCN(CCN3CCOCC3)CC1)OCC2. The van der Waals surface area contributed by atoms with Gasteiger partial charge in [-0.1, -0.05) is 0 Å². The second-order valence-electron chi connectivity index (χ2n) is 7.18. The Morgan fingerprint density at radius 2 is 1.75 bits per heavy atom. The van der Waals surface area contributed by atoms with E-state index in [2.05, 4.69) is 14.8 Å². The highest BCUT2D eigenvalue weighted by molar-refractivity contribution is 5.27. The summed E-state index contributed by atoms with van der Waals surface area (Å²) in [5.41, 5.74) is 2.28. The van der Waals surface area contributed by atoms with Crippen molar-refractivity contribution in [3.05, 3.63) is 23.3 Å². The van der Waals surface area contributed by atoms with E-state index in [4.69, 9.17) is 14.5 Å². The number of nitrogens with zero attached hydrogens (tertiary/aromatic N) is 4. The molecule has 0 bridgehead atoms. The normalized spacial score (nSPS) is 24.9. The minimum Gasteiger partial charge on any atom is -0.379 e. The Balaban J connectivity index is 1.37. The van der Waals surface area contributed by atoms with Crippen LogP contribution in [0.15, 0.2) is 6.20 Å². The van der Waals surface area contributed by atoms with Gasteiger partial charge < -0.3 is 14.4 Å². The van der Waals surface area contributed by atoms with Gasteiger partial charge in [-0.2, -0.15) is 0 Å². The van der Waals surface area contributed by atoms with Crippen LogP contribution >= 0.6 is 0 Å². The number of morpholine rings is 1. The van der Waals surface area contributed by atoms with Gasteiger partial charge in [0.25, 0.3) is 0 Å². The lowest BCUT2D eigenvalue weighted by Crippen LogP contribution is -2.49. The van der Waals surface area contributed by atoms with E-state index in [9.17, 15) is 0 Å². The van der Waals surface area contributed by atoms with Gasteiger partial charge in [0.05, 0.1) is 25.5 Å². The average Bonchev–Trinajstić information content (AvgIpc) is 2.63. The fourth-order valence-electron chi connectivity index (χ4n) is 4.12. The summed E-state index contributed by atoms with van der Waals surface area (Å²) in [6.07, 6.45) is 5.03. The summed E-state index contributed by atoms with van der Waals surface area (Å²) in [7, 11) is 0. The average molecular weight is 332 g/mol. The summed E-state index contributed by atoms with van der Waals surface area (Å²) in [4.78, 5) is 14.2. The van der Waals surface area contributed by atoms with E-state index in [1.54, 1.807) is 0 Å². The lowest BCUT2D eigenvalue weighted by molar-refractivity contribution is -0.102. The number of fused-ring (bicyclic) bond motifs is 2. The fraction of sp³-hybridized carbons (Fsp3) is 0.778. The smallest absolute Gasteiger partial charge is 0.125 e. The van der Waals surface area contributed by atoms with Crippen LogP contribution < -0.4 is 0 Å². The van der Waals surface area contributed by atoms with Crippen LogP contribution in [0.25, 0.3) is 0 Å². The van der Waals surface area contributed by atoms with Crippen LogP contribution in [0.1, 0.15) is 29.9 Å². The van der Waals surface area contributed by atoms with E-state index in [0.29, 0.717) is 0 Å². The Labute approximate surface area is 144 Å². The molecule has 0 amide bonds. The van der Waals surface area contributed by atoms with Crippen molar-refractivity contribution >= 4 is 0 Å². The second kappa shape index (κ2) is 7.04. The fourth-order valence-corrected chi connectivity index (χ4v) is 4.12. The zero-order valence-electron chi connectivity index (χ0n) is 14.7. The predicted molar refractivity (Wildman–Crippen MR) is 91.0 cm³/mol. The molecule has 132 valence electrons. The zero-order valence-corrected chi connectivity index (χ0v) is 14.7. The summed E-state index contributed by atoms with van der Waals surface area (Å²) in [6, 6.07) is 0. The summed E-state index contributed by atoms with van der Waals surface area (Å²) >= 11 is 0. The number of aryl methyl sites for hydroxylation is 1. The summed E-state index contributed by atoms with van der Waals surface area (Å²) in [5.74, 6) is 0.855. The highest BCUT2D eigenvalue weighted by Gasteiger charge is 2.42. The van der Waals surface area contributed by atoms with Crippen molar-refractivity contribution in [2.24, 2.45) is 0 Å². The number of rotatable bonds is 3. The van der Waals surface area contributed by atoms with Crippen LogP contribution in [0.2, 0.25) is 0 Å². The standard InChI is InChI=1S/C18H28N4O2/c1-15-19-14-16-2-11-24-18(17(16)20-15)3-5-21(6-4-18)7-8-22-9-12-23-13-10-22/h14H,2-13H2,1H3. The summed E-state index contributed by atoms with van der Waals surface area (Å²) < 4.78 is 11.7. The maximum Gasteiger partial charge on any atom is 0.125 e. The predicted octanol–water partition coefficient (Wildman–Crippen LogP) is 0.981. The van der Waals surface area contributed by atoms with Gasteiger partial charge in [-0.3, -0.25) is 4.90 Å².